The Morgan fingerprint density at radius 2 is 0.348 bits per heavy atom. The third-order valence-corrected chi connectivity index (χ3v) is 24.1. The molecule has 5 aliphatic heterocycles. The fourth-order valence-electron chi connectivity index (χ4n) is 15.1. The van der Waals surface area contributed by atoms with E-state index >= 15 is 0 Å². The molecule has 0 aromatic rings. The lowest BCUT2D eigenvalue weighted by molar-refractivity contribution is -0.142. The lowest BCUT2D eigenvalue weighted by Crippen LogP contribution is -2.50. The van der Waals surface area contributed by atoms with Crippen LogP contribution in [0.5, 0.6) is 0 Å². The number of nitrogens with zero attached hydrogens (tertiary/aromatic N) is 14. The molecule has 0 spiro atoms. The van der Waals surface area contributed by atoms with Gasteiger partial charge in [0.1, 0.15) is 0 Å². The molecule has 0 unspecified atom stereocenters. The molecule has 41 nitrogen and oxygen atoms in total. The van der Waals surface area contributed by atoms with Gasteiger partial charge in [-0.3, -0.25) is 91.8 Å². The van der Waals surface area contributed by atoms with Crippen molar-refractivity contribution in [3.63, 3.8) is 0 Å². The van der Waals surface area contributed by atoms with E-state index in [4.69, 9.17) is 49.4 Å². The molecule has 0 amide bonds. The Morgan fingerprint density at radius 1 is 0.189 bits per heavy atom. The maximum absolute atomic E-state index is 11.5. The number of ether oxygens (including phenoxy) is 12. The zero-order valence-electron chi connectivity index (χ0n) is 83.1. The topological polar surface area (TPSA) is 425 Å². The van der Waals surface area contributed by atoms with Gasteiger partial charge in [-0.05, 0) is 58.2 Å². The predicted octanol–water partition coefficient (Wildman–Crippen LogP) is 0.00310. The van der Waals surface area contributed by atoms with Gasteiger partial charge in [-0.1, -0.05) is 19.3 Å². The summed E-state index contributed by atoms with van der Waals surface area (Å²) in [6, 6.07) is 0. The Labute approximate surface area is 789 Å². The number of methoxy groups -OCH3 is 12. The first-order valence-electron chi connectivity index (χ1n) is 47.8. The minimum atomic E-state index is -0.265. The summed E-state index contributed by atoms with van der Waals surface area (Å²) < 4.78 is 56.3. The van der Waals surface area contributed by atoms with Crippen molar-refractivity contribution in [3.8, 4) is 0 Å². The zero-order chi connectivity index (χ0) is 97.6. The Morgan fingerprint density at radius 3 is 0.530 bits per heavy atom. The molecule has 768 valence electrons. The highest BCUT2D eigenvalue weighted by Gasteiger charge is 2.25. The third-order valence-electron chi connectivity index (χ3n) is 24.1. The number of unbranched alkanes of at least 4 members (excludes halogenated alkanes) is 6. The van der Waals surface area contributed by atoms with Crippen LogP contribution in [0.1, 0.15) is 135 Å². The summed E-state index contributed by atoms with van der Waals surface area (Å²) in [5, 5.41) is 3.28. The number of rotatable bonds is 64. The predicted molar refractivity (Wildman–Crippen MR) is 502 cm³/mol. The Bertz CT molecular complexity index is 2850. The SMILES string of the molecule is COC(=O)CCCCCN1CCN(CCN(CCC(=O)OC)CCC(=O)OC)CC1.COC(=O)CCCCCN1CCN(CCN)CC1.COC(=O)CCCCCN1CCN(CCNCCC(=O)OC)CC1.COC(=O)CCN(CCC(=O)OC)CCN1CCN(CCN(CCC(=O)OC)CCC(=O)OC)CC1.COC(=O)CCN(CCC(=O)OC)CCN1CCN(CCN)CC1. The molecule has 5 rings (SSSR count). The van der Waals surface area contributed by atoms with Crippen LogP contribution in [0.3, 0.4) is 0 Å². The summed E-state index contributed by atoms with van der Waals surface area (Å²) in [4.78, 5) is 169. The van der Waals surface area contributed by atoms with Crippen LogP contribution >= 0.6 is 0 Å². The summed E-state index contributed by atoms with van der Waals surface area (Å²) in [5.41, 5.74) is 11.1. The minimum Gasteiger partial charge on any atom is -0.469 e. The Kier molecular flexibility index (Phi) is 76.6. The number of nitrogens with two attached hydrogens (primary N) is 2. The van der Waals surface area contributed by atoms with Gasteiger partial charge in [-0.15, -0.1) is 0 Å². The molecular weight excluding hydrogens is 1720 g/mol. The van der Waals surface area contributed by atoms with Gasteiger partial charge in [-0.2, -0.15) is 0 Å². The minimum absolute atomic E-state index is 0.0922. The van der Waals surface area contributed by atoms with E-state index < -0.39 is 0 Å². The summed E-state index contributed by atoms with van der Waals surface area (Å²) >= 11 is 0. The Hall–Kier alpha value is -7.04. The molecule has 5 N–H and O–H groups in total. The summed E-state index contributed by atoms with van der Waals surface area (Å²) in [5.74, 6) is -2.48. The normalized spacial score (nSPS) is 15.8. The largest absolute Gasteiger partial charge is 0.469 e. The van der Waals surface area contributed by atoms with Crippen LogP contribution in [0.25, 0.3) is 0 Å². The van der Waals surface area contributed by atoms with Gasteiger partial charge in [0.25, 0.3) is 0 Å². The number of carbonyl (C=O) groups is 12. The van der Waals surface area contributed by atoms with Crippen LogP contribution < -0.4 is 16.8 Å². The monoisotopic (exact) mass is 1890 g/mol. The van der Waals surface area contributed by atoms with Crippen LogP contribution in [0.2, 0.25) is 0 Å². The molecule has 0 bridgehead atoms. The van der Waals surface area contributed by atoms with Crippen molar-refractivity contribution in [2.75, 3.05) is 386 Å². The van der Waals surface area contributed by atoms with Crippen LogP contribution in [0, 0.1) is 0 Å². The molecule has 0 aliphatic carbocycles. The van der Waals surface area contributed by atoms with Gasteiger partial charge in [0.05, 0.1) is 143 Å². The highest BCUT2D eigenvalue weighted by atomic mass is 16.6. The quantitative estimate of drug-likeness (QED) is 0.0410. The molecule has 5 saturated heterocycles. The second kappa shape index (κ2) is 82.2. The van der Waals surface area contributed by atoms with E-state index in [1.165, 1.54) is 91.7 Å². The number of carbonyl (C=O) groups excluding carboxylic acids is 12. The van der Waals surface area contributed by atoms with Gasteiger partial charge in [0, 0.05) is 301 Å². The number of hydrogen-bond acceptors (Lipinski definition) is 41. The molecule has 0 aromatic heterocycles. The van der Waals surface area contributed by atoms with Gasteiger partial charge >= 0.3 is 71.6 Å². The lowest BCUT2D eigenvalue weighted by atomic mass is 10.2. The van der Waals surface area contributed by atoms with E-state index in [2.05, 4.69) is 92.9 Å². The van der Waals surface area contributed by atoms with Gasteiger partial charge < -0.3 is 108 Å². The molecule has 132 heavy (non-hydrogen) atoms. The van der Waals surface area contributed by atoms with Crippen molar-refractivity contribution < 1.29 is 114 Å². The smallest absolute Gasteiger partial charge is 0.306 e. The van der Waals surface area contributed by atoms with Crippen LogP contribution in [0.15, 0.2) is 0 Å². The maximum atomic E-state index is 11.5. The first-order chi connectivity index (χ1) is 63.8. The van der Waals surface area contributed by atoms with Crippen LogP contribution in [-0.4, -0.2) is 527 Å². The van der Waals surface area contributed by atoms with Crippen molar-refractivity contribution >= 4 is 71.6 Å². The van der Waals surface area contributed by atoms with E-state index in [-0.39, 0.29) is 97.3 Å². The number of nitrogens with one attached hydrogen (secondary N) is 1. The molecule has 0 atom stereocenters. The first-order valence-corrected chi connectivity index (χ1v) is 47.8. The van der Waals surface area contributed by atoms with E-state index in [1.54, 1.807) is 0 Å². The van der Waals surface area contributed by atoms with E-state index in [0.29, 0.717) is 117 Å². The fourth-order valence-corrected chi connectivity index (χ4v) is 15.1. The molecule has 41 heteroatoms. The van der Waals surface area contributed by atoms with Gasteiger partial charge in [0.2, 0.25) is 0 Å². The van der Waals surface area contributed by atoms with E-state index in [0.717, 1.165) is 287 Å². The van der Waals surface area contributed by atoms with Gasteiger partial charge in [-0.25, -0.2) is 0 Å². The first kappa shape index (κ1) is 123. The summed E-state index contributed by atoms with van der Waals surface area (Å²) in [6.45, 7) is 41.5. The van der Waals surface area contributed by atoms with E-state index in [9.17, 15) is 57.5 Å². The third kappa shape index (κ3) is 67.2. The molecular formula is C91H175N17O24. The lowest BCUT2D eigenvalue weighted by Gasteiger charge is -2.36. The van der Waals surface area contributed by atoms with Crippen molar-refractivity contribution in [1.82, 2.24) is 73.9 Å². The van der Waals surface area contributed by atoms with Crippen molar-refractivity contribution in [1.29, 1.82) is 0 Å². The van der Waals surface area contributed by atoms with Crippen molar-refractivity contribution in [2.45, 2.75) is 135 Å². The van der Waals surface area contributed by atoms with Crippen LogP contribution in [-0.2, 0) is 114 Å². The molecule has 0 radical (unpaired) electrons. The second-order valence-electron chi connectivity index (χ2n) is 33.2. The number of piperazine rings is 5. The second-order valence-corrected chi connectivity index (χ2v) is 33.2. The number of hydrogen-bond donors (Lipinski definition) is 3. The van der Waals surface area contributed by atoms with Crippen molar-refractivity contribution in [2.24, 2.45) is 11.5 Å². The fraction of sp³-hybridized carbons (Fsp3) is 0.868. The number of esters is 12. The standard InChI is InChI=1S/C24H44N4O8.C21H39N3O6.C17H33N3O4.C16H32N4O4.C13H27N3O2/c1-33-21(29)5-9-25(10-6-22(30)34-2)13-15-27-17-19-28(20-18-27)16-14-26(11-7-23(31)35-3)12-8-24(32)36-4;1-28-19(25)7-5-4-6-10-22-13-16-24(17-14-22)18-15-23(11-8-20(26)29-2)12-9-21(27)30-3;1-23-16(21)6-4-3-5-10-19-12-14-20(15-13-19)11-9-18-8-7-17(22)24-2;1-23-15(21)3-6-18(7-4-16(22)24-2)9-12-20-13-10-19(8-5-17)11-14-20;1-18-13(17)5-3-2-4-7-15-9-11-16(8-6-14)12-10-15/h5-20H2,1-4H3;4-18H2,1-3H3;18H,3-15H2,1-2H3;3-14,17H2,1-2H3;2-12,14H2,1H3. The highest BCUT2D eigenvalue weighted by molar-refractivity contribution is 5.73. The molecule has 5 heterocycles. The molecule has 5 aliphatic rings. The Balaban J connectivity index is 0.000000839. The molecule has 0 aromatic carbocycles. The van der Waals surface area contributed by atoms with Crippen LogP contribution in [0.4, 0.5) is 0 Å². The molecule has 0 saturated carbocycles. The average Bonchev–Trinajstić information content (AvgIpc) is 0.910. The highest BCUT2D eigenvalue weighted by Crippen LogP contribution is 2.14. The maximum Gasteiger partial charge on any atom is 0.306 e. The zero-order valence-corrected chi connectivity index (χ0v) is 83.1. The summed E-state index contributed by atoms with van der Waals surface area (Å²) in [6.07, 6.45) is 13.9. The van der Waals surface area contributed by atoms with Gasteiger partial charge in [0.15, 0.2) is 0 Å². The van der Waals surface area contributed by atoms with Crippen molar-refractivity contribution in [3.05, 3.63) is 0 Å². The molecule has 5 fully saturated rings. The average molecular weight is 1890 g/mol. The van der Waals surface area contributed by atoms with E-state index in [1.807, 2.05) is 0 Å². The summed E-state index contributed by atoms with van der Waals surface area (Å²) in [7, 11) is 16.8.